The Bertz CT molecular complexity index is 1200. The van der Waals surface area contributed by atoms with Crippen LogP contribution in [0.5, 0.6) is 0 Å². The Hall–Kier alpha value is -2.72. The maximum atomic E-state index is 13.5. The molecule has 0 bridgehead atoms. The highest BCUT2D eigenvalue weighted by molar-refractivity contribution is 7.99. The van der Waals surface area contributed by atoms with E-state index in [2.05, 4.69) is 26.8 Å². The molecule has 0 atom stereocenters. The molecule has 0 unspecified atom stereocenters. The number of carbonyl (C=O) groups is 1. The number of hydrogen-bond donors (Lipinski definition) is 1. The lowest BCUT2D eigenvalue weighted by atomic mass is 10.2. The summed E-state index contributed by atoms with van der Waals surface area (Å²) in [6.45, 7) is 7.66. The minimum absolute atomic E-state index is 0.0220. The molecule has 3 aromatic rings. The molecular formula is C21H22FN5O2S2. The highest BCUT2D eigenvalue weighted by Crippen LogP contribution is 2.29. The van der Waals surface area contributed by atoms with Crippen LogP contribution in [0.4, 0.5) is 15.2 Å². The van der Waals surface area contributed by atoms with Crippen molar-refractivity contribution in [2.45, 2.75) is 31.5 Å². The van der Waals surface area contributed by atoms with Crippen LogP contribution in [0.15, 0.2) is 40.8 Å². The van der Waals surface area contributed by atoms with Gasteiger partial charge in [-0.1, -0.05) is 35.2 Å². The minimum atomic E-state index is -0.419. The first-order valence-corrected chi connectivity index (χ1v) is 11.7. The lowest BCUT2D eigenvalue weighted by Gasteiger charge is -2.11. The molecule has 162 valence electrons. The minimum Gasteiger partial charge on any atom is -0.348 e. The van der Waals surface area contributed by atoms with E-state index in [1.54, 1.807) is 19.1 Å². The summed E-state index contributed by atoms with van der Waals surface area (Å²) in [5.74, 6) is -0.708. The SMILES string of the molecule is C=CCn1c(SCC(=O)Nc2cc(F)ccc2C)nc2nc(N3CCCC3)sc2c1=O. The Morgan fingerprint density at radius 3 is 2.87 bits per heavy atom. The molecule has 3 heterocycles. The number of halogens is 1. The number of anilines is 2. The Labute approximate surface area is 187 Å². The number of aryl methyl sites for hydroxylation is 1. The van der Waals surface area contributed by atoms with Gasteiger partial charge in [0, 0.05) is 25.3 Å². The molecular weight excluding hydrogens is 437 g/mol. The van der Waals surface area contributed by atoms with E-state index in [1.807, 2.05) is 0 Å². The van der Waals surface area contributed by atoms with Crippen LogP contribution in [0.2, 0.25) is 0 Å². The number of hydrogen-bond acceptors (Lipinski definition) is 7. The average molecular weight is 460 g/mol. The molecule has 1 fully saturated rings. The Balaban J connectivity index is 1.57. The topological polar surface area (TPSA) is 80.1 Å². The predicted octanol–water partition coefficient (Wildman–Crippen LogP) is 3.82. The van der Waals surface area contributed by atoms with Crippen LogP contribution >= 0.6 is 23.1 Å². The maximum Gasteiger partial charge on any atom is 0.274 e. The van der Waals surface area contributed by atoms with E-state index in [9.17, 15) is 14.0 Å². The zero-order valence-electron chi connectivity index (χ0n) is 17.1. The number of allylic oxidation sites excluding steroid dienone is 1. The third-order valence-corrected chi connectivity index (χ3v) is 7.03. The van der Waals surface area contributed by atoms with E-state index >= 15 is 0 Å². The summed E-state index contributed by atoms with van der Waals surface area (Å²) < 4.78 is 15.5. The molecule has 0 radical (unpaired) electrons. The molecule has 10 heteroatoms. The van der Waals surface area contributed by atoms with Gasteiger partial charge >= 0.3 is 0 Å². The molecule has 1 amide bonds. The van der Waals surface area contributed by atoms with Crippen LogP contribution < -0.4 is 15.8 Å². The number of rotatable bonds is 7. The molecule has 0 spiro atoms. The van der Waals surface area contributed by atoms with Gasteiger partial charge in [-0.25, -0.2) is 9.37 Å². The molecule has 1 saturated heterocycles. The largest absolute Gasteiger partial charge is 0.348 e. The molecule has 0 saturated carbocycles. The summed E-state index contributed by atoms with van der Waals surface area (Å²) in [6, 6.07) is 4.23. The van der Waals surface area contributed by atoms with Crippen LogP contribution in [-0.4, -0.2) is 39.3 Å². The third kappa shape index (κ3) is 4.64. The molecule has 1 aliphatic rings. The summed E-state index contributed by atoms with van der Waals surface area (Å²) in [7, 11) is 0. The highest BCUT2D eigenvalue weighted by atomic mass is 32.2. The lowest BCUT2D eigenvalue weighted by molar-refractivity contribution is -0.113. The van der Waals surface area contributed by atoms with Gasteiger partial charge in [0.05, 0.1) is 5.75 Å². The average Bonchev–Trinajstić information content (AvgIpc) is 3.41. The van der Waals surface area contributed by atoms with Crippen LogP contribution in [0.25, 0.3) is 10.3 Å². The van der Waals surface area contributed by atoms with Gasteiger partial charge in [0.15, 0.2) is 15.9 Å². The number of carbonyl (C=O) groups excluding carboxylic acids is 1. The quantitative estimate of drug-likeness (QED) is 0.329. The van der Waals surface area contributed by atoms with Crippen molar-refractivity contribution in [3.05, 3.63) is 52.6 Å². The van der Waals surface area contributed by atoms with E-state index in [4.69, 9.17) is 0 Å². The standard InChI is InChI=1S/C21H22FN5O2S2/c1-3-8-27-19(29)17-18(24-20(31-17)26-9-4-5-10-26)25-21(27)30-12-16(28)23-15-11-14(22)7-6-13(15)2/h3,6-7,11H,1,4-5,8-10,12H2,2H3,(H,23,28). The first kappa shape index (κ1) is 21.5. The Morgan fingerprint density at radius 2 is 2.13 bits per heavy atom. The van der Waals surface area contributed by atoms with Gasteiger partial charge in [-0.15, -0.1) is 6.58 Å². The number of fused-ring (bicyclic) bond motifs is 1. The van der Waals surface area contributed by atoms with Gasteiger partial charge in [0.2, 0.25) is 5.91 Å². The third-order valence-electron chi connectivity index (χ3n) is 4.96. The van der Waals surface area contributed by atoms with E-state index in [0.29, 0.717) is 21.2 Å². The van der Waals surface area contributed by atoms with Crippen molar-refractivity contribution in [3.63, 3.8) is 0 Å². The van der Waals surface area contributed by atoms with Crippen molar-refractivity contribution in [3.8, 4) is 0 Å². The summed E-state index contributed by atoms with van der Waals surface area (Å²) in [5.41, 5.74) is 1.41. The Kier molecular flexibility index (Phi) is 6.38. The van der Waals surface area contributed by atoms with E-state index in [-0.39, 0.29) is 23.8 Å². The molecule has 0 aliphatic carbocycles. The van der Waals surface area contributed by atoms with Crippen molar-refractivity contribution < 1.29 is 9.18 Å². The number of benzene rings is 1. The van der Waals surface area contributed by atoms with Gasteiger partial charge in [0.25, 0.3) is 5.56 Å². The van der Waals surface area contributed by atoms with Crippen LogP contribution in [0.1, 0.15) is 18.4 Å². The van der Waals surface area contributed by atoms with Crippen LogP contribution in [-0.2, 0) is 11.3 Å². The number of thioether (sulfide) groups is 1. The zero-order valence-corrected chi connectivity index (χ0v) is 18.7. The fraction of sp³-hybridized carbons (Fsp3) is 0.333. The number of thiazole rings is 1. The Morgan fingerprint density at radius 1 is 1.35 bits per heavy atom. The first-order valence-electron chi connectivity index (χ1n) is 9.92. The van der Waals surface area contributed by atoms with E-state index in [0.717, 1.165) is 48.4 Å². The van der Waals surface area contributed by atoms with Gasteiger partial charge in [-0.05, 0) is 37.5 Å². The van der Waals surface area contributed by atoms with Crippen molar-refractivity contribution >= 4 is 50.2 Å². The molecule has 1 aromatic carbocycles. The molecule has 31 heavy (non-hydrogen) atoms. The first-order chi connectivity index (χ1) is 15.0. The monoisotopic (exact) mass is 459 g/mol. The van der Waals surface area contributed by atoms with Crippen LogP contribution in [0.3, 0.4) is 0 Å². The summed E-state index contributed by atoms with van der Waals surface area (Å²) in [5, 5.41) is 3.92. The van der Waals surface area contributed by atoms with Gasteiger partial charge in [0.1, 0.15) is 10.5 Å². The summed E-state index contributed by atoms with van der Waals surface area (Å²) in [4.78, 5) is 36.8. The number of nitrogens with one attached hydrogen (secondary N) is 1. The van der Waals surface area contributed by atoms with Gasteiger partial charge in [-0.2, -0.15) is 4.98 Å². The second-order valence-electron chi connectivity index (χ2n) is 7.24. The van der Waals surface area contributed by atoms with Crippen molar-refractivity contribution in [2.24, 2.45) is 0 Å². The van der Waals surface area contributed by atoms with Crippen molar-refractivity contribution in [1.82, 2.24) is 14.5 Å². The fourth-order valence-electron chi connectivity index (χ4n) is 3.37. The van der Waals surface area contributed by atoms with E-state index in [1.165, 1.54) is 28.0 Å². The summed E-state index contributed by atoms with van der Waals surface area (Å²) in [6.07, 6.45) is 3.85. The van der Waals surface area contributed by atoms with Gasteiger partial charge in [-0.3, -0.25) is 14.2 Å². The zero-order chi connectivity index (χ0) is 22.0. The fourth-order valence-corrected chi connectivity index (χ4v) is 5.17. The van der Waals surface area contributed by atoms with Gasteiger partial charge < -0.3 is 10.2 Å². The number of aromatic nitrogens is 3. The summed E-state index contributed by atoms with van der Waals surface area (Å²) >= 11 is 2.50. The smallest absolute Gasteiger partial charge is 0.274 e. The lowest BCUT2D eigenvalue weighted by Crippen LogP contribution is -2.23. The maximum absolute atomic E-state index is 13.5. The van der Waals surface area contributed by atoms with Crippen LogP contribution in [0, 0.1) is 12.7 Å². The van der Waals surface area contributed by atoms with Crippen molar-refractivity contribution in [2.75, 3.05) is 29.1 Å². The molecule has 7 nitrogen and oxygen atoms in total. The second kappa shape index (κ2) is 9.19. The van der Waals surface area contributed by atoms with Crippen molar-refractivity contribution in [1.29, 1.82) is 0 Å². The highest BCUT2D eigenvalue weighted by Gasteiger charge is 2.21. The second-order valence-corrected chi connectivity index (χ2v) is 9.16. The number of amides is 1. The number of nitrogens with zero attached hydrogens (tertiary/aromatic N) is 4. The molecule has 1 N–H and O–H groups in total. The molecule has 4 rings (SSSR count). The predicted molar refractivity (Wildman–Crippen MR) is 124 cm³/mol. The molecule has 2 aromatic heterocycles. The normalized spacial score (nSPS) is 13.7. The molecule has 1 aliphatic heterocycles. The van der Waals surface area contributed by atoms with E-state index < -0.39 is 5.82 Å².